The standard InChI is InChI=1S/C13H23NO5/c1-5-18-10(16)13(6-9(7-13)8-15)14-11(17)19-12(2,3)4/h9,15H,5-8H2,1-4H3,(H,14,17)/t9-,13+. The van der Waals surface area contributed by atoms with Gasteiger partial charge in [-0.2, -0.15) is 0 Å². The van der Waals surface area contributed by atoms with Gasteiger partial charge in [0.25, 0.3) is 0 Å². The first kappa shape index (κ1) is 15.8. The molecule has 6 heteroatoms. The monoisotopic (exact) mass is 273 g/mol. The normalized spacial score (nSPS) is 26.3. The van der Waals surface area contributed by atoms with E-state index in [0.29, 0.717) is 12.8 Å². The zero-order valence-electron chi connectivity index (χ0n) is 12.0. The van der Waals surface area contributed by atoms with Crippen molar-refractivity contribution in [1.82, 2.24) is 5.32 Å². The Balaban J connectivity index is 2.67. The van der Waals surface area contributed by atoms with Crippen molar-refractivity contribution >= 4 is 12.1 Å². The van der Waals surface area contributed by atoms with Gasteiger partial charge in [-0.1, -0.05) is 0 Å². The lowest BCUT2D eigenvalue weighted by molar-refractivity contribution is -0.158. The number of hydrogen-bond acceptors (Lipinski definition) is 5. The zero-order valence-corrected chi connectivity index (χ0v) is 12.0. The van der Waals surface area contributed by atoms with Gasteiger partial charge in [-0.05, 0) is 46.5 Å². The highest BCUT2D eigenvalue weighted by Crippen LogP contribution is 2.38. The Hall–Kier alpha value is -1.30. The van der Waals surface area contributed by atoms with Crippen LogP contribution in [0.2, 0.25) is 0 Å². The number of esters is 1. The summed E-state index contributed by atoms with van der Waals surface area (Å²) in [6, 6.07) is 0. The molecule has 1 fully saturated rings. The van der Waals surface area contributed by atoms with Crippen molar-refractivity contribution in [1.29, 1.82) is 0 Å². The SMILES string of the molecule is CCOC(=O)[C@]1(NC(=O)OC(C)(C)C)C[C@@H](CO)C1. The molecule has 0 heterocycles. The summed E-state index contributed by atoms with van der Waals surface area (Å²) in [6.07, 6.45) is 0.111. The largest absolute Gasteiger partial charge is 0.464 e. The number of carbonyl (C=O) groups excluding carboxylic acids is 2. The summed E-state index contributed by atoms with van der Waals surface area (Å²) in [5, 5.41) is 11.6. The molecule has 0 aromatic heterocycles. The minimum Gasteiger partial charge on any atom is -0.464 e. The lowest BCUT2D eigenvalue weighted by Crippen LogP contribution is -2.64. The van der Waals surface area contributed by atoms with Crippen LogP contribution in [-0.2, 0) is 14.3 Å². The molecule has 1 saturated carbocycles. The highest BCUT2D eigenvalue weighted by atomic mass is 16.6. The van der Waals surface area contributed by atoms with Crippen LogP contribution in [0.15, 0.2) is 0 Å². The van der Waals surface area contributed by atoms with E-state index in [1.165, 1.54) is 0 Å². The molecule has 1 rings (SSSR count). The van der Waals surface area contributed by atoms with Crippen LogP contribution in [0.1, 0.15) is 40.5 Å². The summed E-state index contributed by atoms with van der Waals surface area (Å²) in [5.74, 6) is -0.454. The van der Waals surface area contributed by atoms with Gasteiger partial charge in [0.05, 0.1) is 6.61 Å². The van der Waals surface area contributed by atoms with E-state index < -0.39 is 23.2 Å². The molecule has 6 nitrogen and oxygen atoms in total. The summed E-state index contributed by atoms with van der Waals surface area (Å²) >= 11 is 0. The minimum atomic E-state index is -1.05. The maximum Gasteiger partial charge on any atom is 0.408 e. The molecule has 110 valence electrons. The maximum atomic E-state index is 11.9. The number of amides is 1. The summed E-state index contributed by atoms with van der Waals surface area (Å²) in [5.41, 5.74) is -1.67. The van der Waals surface area contributed by atoms with Gasteiger partial charge in [-0.3, -0.25) is 0 Å². The molecule has 0 unspecified atom stereocenters. The fraction of sp³-hybridized carbons (Fsp3) is 0.846. The number of rotatable bonds is 4. The van der Waals surface area contributed by atoms with E-state index in [2.05, 4.69) is 5.32 Å². The van der Waals surface area contributed by atoms with Gasteiger partial charge in [0.2, 0.25) is 0 Å². The molecular weight excluding hydrogens is 250 g/mol. The maximum absolute atomic E-state index is 11.9. The van der Waals surface area contributed by atoms with Crippen LogP contribution >= 0.6 is 0 Å². The lowest BCUT2D eigenvalue weighted by atomic mass is 9.68. The Bertz CT molecular complexity index is 341. The van der Waals surface area contributed by atoms with Gasteiger partial charge in [0.15, 0.2) is 0 Å². The Morgan fingerprint density at radius 3 is 2.37 bits per heavy atom. The second kappa shape index (κ2) is 5.77. The average Bonchev–Trinajstić information content (AvgIpc) is 2.20. The van der Waals surface area contributed by atoms with Gasteiger partial charge in [0, 0.05) is 6.61 Å². The number of carbonyl (C=O) groups is 2. The highest BCUT2D eigenvalue weighted by Gasteiger charge is 2.52. The predicted octanol–water partition coefficient (Wildman–Crippen LogP) is 1.22. The molecule has 2 N–H and O–H groups in total. The number of hydrogen-bond donors (Lipinski definition) is 2. The highest BCUT2D eigenvalue weighted by molar-refractivity contribution is 5.87. The van der Waals surface area contributed by atoms with Crippen LogP contribution in [0.25, 0.3) is 0 Å². The van der Waals surface area contributed by atoms with E-state index >= 15 is 0 Å². The van der Waals surface area contributed by atoms with Gasteiger partial charge in [0.1, 0.15) is 11.1 Å². The molecule has 1 aliphatic rings. The van der Waals surface area contributed by atoms with Crippen LogP contribution in [0.4, 0.5) is 4.79 Å². The summed E-state index contributed by atoms with van der Waals surface area (Å²) in [7, 11) is 0. The molecule has 0 bridgehead atoms. The third kappa shape index (κ3) is 4.09. The van der Waals surface area contributed by atoms with Gasteiger partial charge in [-0.25, -0.2) is 9.59 Å². The summed E-state index contributed by atoms with van der Waals surface area (Å²) in [6.45, 7) is 7.21. The van der Waals surface area contributed by atoms with Crippen molar-refractivity contribution in [3.05, 3.63) is 0 Å². The van der Waals surface area contributed by atoms with E-state index in [1.54, 1.807) is 27.7 Å². The summed E-state index contributed by atoms with van der Waals surface area (Å²) in [4.78, 5) is 23.7. The van der Waals surface area contributed by atoms with E-state index in [1.807, 2.05) is 0 Å². The molecule has 0 aliphatic heterocycles. The lowest BCUT2D eigenvalue weighted by Gasteiger charge is -2.44. The third-order valence-corrected chi connectivity index (χ3v) is 2.94. The van der Waals surface area contributed by atoms with Crippen molar-refractivity contribution < 1.29 is 24.2 Å². The van der Waals surface area contributed by atoms with Gasteiger partial charge >= 0.3 is 12.1 Å². The van der Waals surface area contributed by atoms with E-state index in [9.17, 15) is 9.59 Å². The third-order valence-electron chi connectivity index (χ3n) is 2.94. The van der Waals surface area contributed by atoms with E-state index in [0.717, 1.165) is 0 Å². The van der Waals surface area contributed by atoms with Crippen molar-refractivity contribution in [2.45, 2.75) is 51.7 Å². The molecule has 19 heavy (non-hydrogen) atoms. The number of alkyl carbamates (subject to hydrolysis) is 1. The predicted molar refractivity (Wildman–Crippen MR) is 68.5 cm³/mol. The Labute approximate surface area is 113 Å². The van der Waals surface area contributed by atoms with Crippen LogP contribution in [0.5, 0.6) is 0 Å². The fourth-order valence-corrected chi connectivity index (χ4v) is 2.14. The quantitative estimate of drug-likeness (QED) is 0.752. The number of aliphatic hydroxyl groups excluding tert-OH is 1. The van der Waals surface area contributed by atoms with Crippen molar-refractivity contribution in [2.24, 2.45) is 5.92 Å². The average molecular weight is 273 g/mol. The molecule has 1 aliphatic carbocycles. The second-order valence-electron chi connectivity index (χ2n) is 5.89. The van der Waals surface area contributed by atoms with Crippen LogP contribution in [-0.4, -0.2) is 41.5 Å². The number of aliphatic hydroxyl groups is 1. The Morgan fingerprint density at radius 1 is 1.37 bits per heavy atom. The molecule has 0 saturated heterocycles. The number of ether oxygens (including phenoxy) is 2. The molecular formula is C13H23NO5. The molecule has 1 amide bonds. The Morgan fingerprint density at radius 2 is 1.95 bits per heavy atom. The van der Waals surface area contributed by atoms with Crippen LogP contribution < -0.4 is 5.32 Å². The molecule has 0 atom stereocenters. The first-order chi connectivity index (χ1) is 8.72. The minimum absolute atomic E-state index is 0.00282. The second-order valence-corrected chi connectivity index (χ2v) is 5.89. The first-order valence-corrected chi connectivity index (χ1v) is 6.51. The fourth-order valence-electron chi connectivity index (χ4n) is 2.14. The van der Waals surface area contributed by atoms with E-state index in [4.69, 9.17) is 14.6 Å². The van der Waals surface area contributed by atoms with Crippen LogP contribution in [0, 0.1) is 5.92 Å². The summed E-state index contributed by atoms with van der Waals surface area (Å²) < 4.78 is 10.1. The van der Waals surface area contributed by atoms with Crippen molar-refractivity contribution in [2.75, 3.05) is 13.2 Å². The van der Waals surface area contributed by atoms with E-state index in [-0.39, 0.29) is 19.1 Å². The number of nitrogens with one attached hydrogen (secondary N) is 1. The molecule has 0 aromatic carbocycles. The topological polar surface area (TPSA) is 84.9 Å². The van der Waals surface area contributed by atoms with Crippen molar-refractivity contribution in [3.63, 3.8) is 0 Å². The van der Waals surface area contributed by atoms with Crippen LogP contribution in [0.3, 0.4) is 0 Å². The van der Waals surface area contributed by atoms with Gasteiger partial charge < -0.3 is 19.9 Å². The molecule has 0 radical (unpaired) electrons. The molecule has 0 spiro atoms. The smallest absolute Gasteiger partial charge is 0.408 e. The first-order valence-electron chi connectivity index (χ1n) is 6.51. The Kier molecular flexibility index (Phi) is 4.79. The van der Waals surface area contributed by atoms with Gasteiger partial charge in [-0.15, -0.1) is 0 Å². The van der Waals surface area contributed by atoms with Crippen molar-refractivity contribution in [3.8, 4) is 0 Å². The molecule has 0 aromatic rings. The zero-order chi connectivity index (χ0) is 14.7.